The lowest BCUT2D eigenvalue weighted by Crippen LogP contribution is -2.30. The first-order chi connectivity index (χ1) is 12.2. The molecular weight excluding hydrogens is 364 g/mol. The Morgan fingerprint density at radius 3 is 2.19 bits per heavy atom. The van der Waals surface area contributed by atoms with Crippen molar-refractivity contribution in [2.75, 3.05) is 45.6 Å². The number of nitrogens with one attached hydrogen (secondary N) is 1. The van der Waals surface area contributed by atoms with E-state index in [2.05, 4.69) is 10.2 Å². The minimum Gasteiger partial charge on any atom is -0.480 e. The molecule has 0 aliphatic carbocycles. The molecule has 0 atom stereocenters. The van der Waals surface area contributed by atoms with E-state index in [9.17, 15) is 18.0 Å². The minimum absolute atomic E-state index is 0.179. The Morgan fingerprint density at radius 1 is 1.04 bits per heavy atom. The van der Waals surface area contributed by atoms with Crippen LogP contribution in [-0.2, 0) is 24.4 Å². The van der Waals surface area contributed by atoms with Gasteiger partial charge in [0.2, 0.25) is 5.91 Å². The van der Waals surface area contributed by atoms with Crippen LogP contribution in [0.25, 0.3) is 0 Å². The van der Waals surface area contributed by atoms with Gasteiger partial charge in [-0.15, -0.1) is 0 Å². The topological polar surface area (TPSA) is 133 Å². The van der Waals surface area contributed by atoms with Gasteiger partial charge >= 0.3 is 5.97 Å². The molecule has 0 aromatic heterocycles. The highest BCUT2D eigenvalue weighted by Gasteiger charge is 2.08. The highest BCUT2D eigenvalue weighted by molar-refractivity contribution is 7.85. The quantitative estimate of drug-likeness (QED) is 0.344. The number of likely N-dealkylation sites (tertiary alicyclic amines) is 1. The normalized spacial score (nSPS) is 15.0. The first-order valence-electron chi connectivity index (χ1n) is 8.89. The Balaban J connectivity index is 0.00000110. The molecule has 9 nitrogen and oxygen atoms in total. The molecule has 0 spiro atoms. The maximum Gasteiger partial charge on any atom is 0.329 e. The van der Waals surface area contributed by atoms with Gasteiger partial charge in [-0.05, 0) is 45.3 Å². The van der Waals surface area contributed by atoms with Gasteiger partial charge < -0.3 is 20.1 Å². The number of nitrogens with zero attached hydrogens (tertiary/aromatic N) is 1. The number of carbonyl (C=O) groups excluding carboxylic acids is 1. The summed E-state index contributed by atoms with van der Waals surface area (Å²) in [4.78, 5) is 24.0. The number of piperidine rings is 1. The second kappa shape index (κ2) is 14.9. The third-order valence-electron chi connectivity index (χ3n) is 3.63. The summed E-state index contributed by atoms with van der Waals surface area (Å²) in [6.45, 7) is 3.75. The summed E-state index contributed by atoms with van der Waals surface area (Å²) in [5.41, 5.74) is 0. The number of amides is 1. The zero-order valence-corrected chi connectivity index (χ0v) is 16.3. The number of rotatable bonds is 11. The number of aliphatic carboxylic acids is 1. The molecule has 0 saturated carbocycles. The Hall–Kier alpha value is -1.23. The largest absolute Gasteiger partial charge is 0.480 e. The molecule has 0 bridgehead atoms. The number of carboxylic acids is 1. The Labute approximate surface area is 155 Å². The van der Waals surface area contributed by atoms with Crippen LogP contribution in [0.2, 0.25) is 0 Å². The lowest BCUT2D eigenvalue weighted by molar-refractivity contribution is -0.143. The van der Waals surface area contributed by atoms with Crippen molar-refractivity contribution in [3.05, 3.63) is 0 Å². The third-order valence-corrected chi connectivity index (χ3v) is 3.63. The summed E-state index contributed by atoms with van der Waals surface area (Å²) >= 11 is 0. The fourth-order valence-corrected chi connectivity index (χ4v) is 2.51. The highest BCUT2D eigenvalue weighted by Crippen LogP contribution is 2.10. The zero-order chi connectivity index (χ0) is 19.8. The van der Waals surface area contributed by atoms with Crippen LogP contribution in [-0.4, -0.2) is 80.5 Å². The standard InChI is InChI=1S/C15H28N2O4.CH4O3S/c18-14(12-21-13-15(19)20)16-8-4-1-2-5-9-17-10-6-3-7-11-17;1-5(2,3)4/h1-13H2,(H,16,18)(H,19,20);1H3,(H,2,3,4). The second-order valence-electron chi connectivity index (χ2n) is 6.29. The van der Waals surface area contributed by atoms with E-state index >= 15 is 0 Å². The van der Waals surface area contributed by atoms with Gasteiger partial charge in [0.25, 0.3) is 10.1 Å². The van der Waals surface area contributed by atoms with E-state index in [4.69, 9.17) is 14.4 Å². The van der Waals surface area contributed by atoms with Crippen molar-refractivity contribution in [3.8, 4) is 0 Å². The predicted octanol–water partition coefficient (Wildman–Crippen LogP) is 0.754. The van der Waals surface area contributed by atoms with Gasteiger partial charge in [-0.2, -0.15) is 8.42 Å². The summed E-state index contributed by atoms with van der Waals surface area (Å²) in [7, 11) is -3.67. The molecular formula is C16H32N2O7S. The molecule has 1 heterocycles. The number of hydrogen-bond donors (Lipinski definition) is 3. The molecule has 154 valence electrons. The molecule has 0 aromatic carbocycles. The van der Waals surface area contributed by atoms with Gasteiger partial charge in [0.05, 0.1) is 6.26 Å². The fourth-order valence-electron chi connectivity index (χ4n) is 2.51. The maximum atomic E-state index is 11.3. The Kier molecular flexibility index (Phi) is 14.2. The van der Waals surface area contributed by atoms with Gasteiger partial charge in [0.1, 0.15) is 13.2 Å². The van der Waals surface area contributed by atoms with Crippen LogP contribution in [0.15, 0.2) is 0 Å². The number of ether oxygens (including phenoxy) is 1. The van der Waals surface area contributed by atoms with Crippen LogP contribution >= 0.6 is 0 Å². The summed E-state index contributed by atoms with van der Waals surface area (Å²) in [6.07, 6.45) is 9.29. The van der Waals surface area contributed by atoms with Crippen LogP contribution in [0.3, 0.4) is 0 Å². The number of carboxylic acid groups (broad SMARTS) is 1. The average molecular weight is 397 g/mol. The van der Waals surface area contributed by atoms with E-state index in [0.29, 0.717) is 12.8 Å². The molecule has 1 fully saturated rings. The molecule has 3 N–H and O–H groups in total. The third kappa shape index (κ3) is 20.8. The van der Waals surface area contributed by atoms with Crippen LogP contribution in [0, 0.1) is 0 Å². The summed E-state index contributed by atoms with van der Waals surface area (Å²) < 4.78 is 30.6. The smallest absolute Gasteiger partial charge is 0.329 e. The monoisotopic (exact) mass is 396 g/mol. The van der Waals surface area contributed by atoms with Crippen LogP contribution in [0.5, 0.6) is 0 Å². The van der Waals surface area contributed by atoms with Crippen molar-refractivity contribution in [2.45, 2.75) is 44.9 Å². The molecule has 1 amide bonds. The van der Waals surface area contributed by atoms with Crippen LogP contribution in [0.1, 0.15) is 44.9 Å². The van der Waals surface area contributed by atoms with Crippen LogP contribution in [0.4, 0.5) is 0 Å². The Bertz CT molecular complexity index is 483. The first kappa shape index (κ1) is 24.8. The van der Waals surface area contributed by atoms with E-state index in [-0.39, 0.29) is 12.5 Å². The van der Waals surface area contributed by atoms with Gasteiger partial charge in [-0.3, -0.25) is 9.35 Å². The maximum absolute atomic E-state index is 11.3. The summed E-state index contributed by atoms with van der Waals surface area (Å²) in [5.74, 6) is -1.30. The lowest BCUT2D eigenvalue weighted by atomic mass is 10.1. The zero-order valence-electron chi connectivity index (χ0n) is 15.5. The molecule has 1 aliphatic rings. The molecule has 0 radical (unpaired) electrons. The molecule has 1 aliphatic heterocycles. The molecule has 1 saturated heterocycles. The number of hydrogen-bond acceptors (Lipinski definition) is 6. The molecule has 0 aromatic rings. The Morgan fingerprint density at radius 2 is 1.62 bits per heavy atom. The molecule has 26 heavy (non-hydrogen) atoms. The average Bonchev–Trinajstić information content (AvgIpc) is 2.53. The van der Waals surface area contributed by atoms with E-state index in [1.807, 2.05) is 0 Å². The van der Waals surface area contributed by atoms with Crippen molar-refractivity contribution >= 4 is 22.0 Å². The first-order valence-corrected chi connectivity index (χ1v) is 10.7. The molecule has 1 rings (SSSR count). The lowest BCUT2D eigenvalue weighted by Gasteiger charge is -2.26. The van der Waals surface area contributed by atoms with Crippen molar-refractivity contribution < 1.29 is 32.4 Å². The van der Waals surface area contributed by atoms with E-state index in [1.54, 1.807) is 0 Å². The highest BCUT2D eigenvalue weighted by atomic mass is 32.2. The van der Waals surface area contributed by atoms with E-state index in [1.165, 1.54) is 51.7 Å². The predicted molar refractivity (Wildman–Crippen MR) is 97.7 cm³/mol. The summed E-state index contributed by atoms with van der Waals surface area (Å²) in [5, 5.41) is 11.1. The summed E-state index contributed by atoms with van der Waals surface area (Å²) in [6, 6.07) is 0. The SMILES string of the molecule is CS(=O)(=O)O.O=C(O)COCC(=O)NCCCCCCN1CCCCC1. The van der Waals surface area contributed by atoms with Crippen LogP contribution < -0.4 is 5.32 Å². The van der Waals surface area contributed by atoms with Crippen molar-refractivity contribution in [2.24, 2.45) is 0 Å². The van der Waals surface area contributed by atoms with Gasteiger partial charge in [-0.1, -0.05) is 19.3 Å². The number of carbonyl (C=O) groups is 2. The van der Waals surface area contributed by atoms with Gasteiger partial charge in [-0.25, -0.2) is 4.79 Å². The van der Waals surface area contributed by atoms with Gasteiger partial charge in [0, 0.05) is 6.54 Å². The van der Waals surface area contributed by atoms with Crippen molar-refractivity contribution in [1.82, 2.24) is 10.2 Å². The minimum atomic E-state index is -3.67. The number of unbranched alkanes of at least 4 members (excludes halogenated alkanes) is 3. The fraction of sp³-hybridized carbons (Fsp3) is 0.875. The second-order valence-corrected chi connectivity index (χ2v) is 7.75. The van der Waals surface area contributed by atoms with E-state index in [0.717, 1.165) is 12.8 Å². The van der Waals surface area contributed by atoms with E-state index < -0.39 is 22.7 Å². The van der Waals surface area contributed by atoms with Gasteiger partial charge in [0.15, 0.2) is 0 Å². The van der Waals surface area contributed by atoms with Crippen molar-refractivity contribution in [1.29, 1.82) is 0 Å². The van der Waals surface area contributed by atoms with Crippen molar-refractivity contribution in [3.63, 3.8) is 0 Å². The molecule has 10 heteroatoms. The molecule has 0 unspecified atom stereocenters.